The first kappa shape index (κ1) is 20.4. The van der Waals surface area contributed by atoms with Crippen LogP contribution in [0, 0.1) is 13.8 Å². The Bertz CT molecular complexity index is 959. The van der Waals surface area contributed by atoms with Crippen LogP contribution in [0.3, 0.4) is 0 Å². The van der Waals surface area contributed by atoms with Crippen LogP contribution in [0.25, 0.3) is 0 Å². The van der Waals surface area contributed by atoms with Crippen molar-refractivity contribution in [1.82, 2.24) is 0 Å². The predicted octanol–water partition coefficient (Wildman–Crippen LogP) is 4.57. The van der Waals surface area contributed by atoms with E-state index in [4.69, 9.17) is 16.3 Å². The number of Topliss-reactive ketones (excluding diaryl/α,β-unsaturated/α-hetero) is 1. The molecule has 0 bridgehead atoms. The number of carbonyl (C=O) groups is 3. The van der Waals surface area contributed by atoms with Gasteiger partial charge in [-0.15, -0.1) is 11.8 Å². The minimum atomic E-state index is -0.919. The Balaban J connectivity index is 1.61. The molecule has 0 saturated heterocycles. The van der Waals surface area contributed by atoms with Crippen LogP contribution >= 0.6 is 23.4 Å². The highest BCUT2D eigenvalue weighted by Crippen LogP contribution is 2.38. The molecule has 0 fully saturated rings. The number of ketones is 1. The minimum absolute atomic E-state index is 0.122. The van der Waals surface area contributed by atoms with E-state index in [-0.39, 0.29) is 18.1 Å². The van der Waals surface area contributed by atoms with E-state index >= 15 is 0 Å². The largest absolute Gasteiger partial charge is 0.454 e. The van der Waals surface area contributed by atoms with Gasteiger partial charge in [-0.05, 0) is 56.2 Å². The predicted molar refractivity (Wildman–Crippen MR) is 110 cm³/mol. The highest BCUT2D eigenvalue weighted by Gasteiger charge is 2.31. The summed E-state index contributed by atoms with van der Waals surface area (Å²) in [6.07, 6.45) is -1.04. The molecule has 0 saturated carbocycles. The third-order valence-electron chi connectivity index (χ3n) is 4.58. The van der Waals surface area contributed by atoms with Crippen molar-refractivity contribution in [3.63, 3.8) is 0 Å². The van der Waals surface area contributed by atoms with Gasteiger partial charge in [0.15, 0.2) is 6.10 Å². The van der Waals surface area contributed by atoms with Crippen LogP contribution in [-0.4, -0.2) is 29.0 Å². The number of anilines is 1. The monoisotopic (exact) mass is 417 g/mol. The van der Waals surface area contributed by atoms with Gasteiger partial charge in [0.05, 0.1) is 17.4 Å². The standard InChI is InChI=1S/C21H20ClNO4S/c1-11-4-5-14(8-12(11)2)20(25)13(3)27-19(24)10-18-21(26)23-16-9-15(22)6-7-17(16)28-18/h4-9,13,18H,10H2,1-3H3,(H,23,26). The van der Waals surface area contributed by atoms with Crippen molar-refractivity contribution in [2.45, 2.75) is 43.4 Å². The molecule has 3 rings (SSSR count). The number of rotatable bonds is 5. The molecule has 1 aliphatic rings. The van der Waals surface area contributed by atoms with Gasteiger partial charge in [0.1, 0.15) is 0 Å². The summed E-state index contributed by atoms with van der Waals surface area (Å²) >= 11 is 7.22. The molecule has 0 aromatic heterocycles. The topological polar surface area (TPSA) is 72.5 Å². The first-order chi connectivity index (χ1) is 13.2. The van der Waals surface area contributed by atoms with Crippen LogP contribution in [0.1, 0.15) is 34.8 Å². The molecule has 2 aromatic rings. The Kier molecular flexibility index (Phi) is 6.10. The number of nitrogens with one attached hydrogen (secondary N) is 1. The molecule has 1 heterocycles. The number of halogens is 1. The van der Waals surface area contributed by atoms with Crippen molar-refractivity contribution in [2.75, 3.05) is 5.32 Å². The van der Waals surface area contributed by atoms with E-state index in [0.29, 0.717) is 16.3 Å². The zero-order valence-corrected chi connectivity index (χ0v) is 17.3. The van der Waals surface area contributed by atoms with Crippen molar-refractivity contribution in [3.8, 4) is 0 Å². The molecule has 2 unspecified atom stereocenters. The van der Waals surface area contributed by atoms with Gasteiger partial charge in [0.25, 0.3) is 0 Å². The lowest BCUT2D eigenvalue weighted by Crippen LogP contribution is -2.33. The first-order valence-electron chi connectivity index (χ1n) is 8.82. The second kappa shape index (κ2) is 8.37. The number of thioether (sulfide) groups is 1. The van der Waals surface area contributed by atoms with E-state index in [2.05, 4.69) is 5.32 Å². The average Bonchev–Trinajstić information content (AvgIpc) is 2.64. The maximum atomic E-state index is 12.5. The van der Waals surface area contributed by atoms with Gasteiger partial charge in [-0.1, -0.05) is 23.7 Å². The third kappa shape index (κ3) is 4.56. The number of ether oxygens (including phenoxy) is 1. The molecular weight excluding hydrogens is 398 g/mol. The summed E-state index contributed by atoms with van der Waals surface area (Å²) in [6.45, 7) is 5.43. The normalized spacial score (nSPS) is 16.7. The highest BCUT2D eigenvalue weighted by molar-refractivity contribution is 8.01. The lowest BCUT2D eigenvalue weighted by Gasteiger charge is -2.24. The van der Waals surface area contributed by atoms with Crippen LogP contribution in [0.2, 0.25) is 5.02 Å². The molecule has 2 aromatic carbocycles. The summed E-state index contributed by atoms with van der Waals surface area (Å²) in [7, 11) is 0. The van der Waals surface area contributed by atoms with Crippen molar-refractivity contribution in [1.29, 1.82) is 0 Å². The van der Waals surface area contributed by atoms with E-state index in [1.165, 1.54) is 11.8 Å². The summed E-state index contributed by atoms with van der Waals surface area (Å²) in [4.78, 5) is 37.9. The van der Waals surface area contributed by atoms with Crippen LogP contribution in [0.15, 0.2) is 41.3 Å². The van der Waals surface area contributed by atoms with Gasteiger partial charge < -0.3 is 10.1 Å². The van der Waals surface area contributed by atoms with Gasteiger partial charge in [-0.3, -0.25) is 14.4 Å². The Hall–Kier alpha value is -2.31. The summed E-state index contributed by atoms with van der Waals surface area (Å²) in [5.41, 5.74) is 3.21. The number of hydrogen-bond acceptors (Lipinski definition) is 5. The van der Waals surface area contributed by atoms with Gasteiger partial charge in [0.2, 0.25) is 11.7 Å². The molecule has 1 amide bonds. The van der Waals surface area contributed by atoms with Gasteiger partial charge in [-0.25, -0.2) is 0 Å². The molecule has 28 heavy (non-hydrogen) atoms. The summed E-state index contributed by atoms with van der Waals surface area (Å²) in [6, 6.07) is 10.6. The van der Waals surface area contributed by atoms with Crippen LogP contribution in [0.4, 0.5) is 5.69 Å². The summed E-state index contributed by atoms with van der Waals surface area (Å²) in [5.74, 6) is -1.14. The van der Waals surface area contributed by atoms with Crippen molar-refractivity contribution < 1.29 is 19.1 Å². The zero-order chi connectivity index (χ0) is 20.4. The van der Waals surface area contributed by atoms with Crippen LogP contribution < -0.4 is 5.32 Å². The quantitative estimate of drug-likeness (QED) is 0.569. The molecule has 7 heteroatoms. The van der Waals surface area contributed by atoms with Crippen molar-refractivity contribution in [3.05, 3.63) is 58.1 Å². The SMILES string of the molecule is Cc1ccc(C(=O)C(C)OC(=O)CC2Sc3ccc(Cl)cc3NC2=O)cc1C. The lowest BCUT2D eigenvalue weighted by molar-refractivity contribution is -0.147. The van der Waals surface area contributed by atoms with Crippen molar-refractivity contribution >= 4 is 46.7 Å². The molecule has 5 nitrogen and oxygen atoms in total. The number of hydrogen-bond donors (Lipinski definition) is 1. The Morgan fingerprint density at radius 2 is 1.93 bits per heavy atom. The fourth-order valence-electron chi connectivity index (χ4n) is 2.84. The van der Waals surface area contributed by atoms with E-state index < -0.39 is 17.3 Å². The molecule has 1 aliphatic heterocycles. The molecule has 0 spiro atoms. The molecule has 146 valence electrons. The minimum Gasteiger partial charge on any atom is -0.454 e. The number of esters is 1. The third-order valence-corrected chi connectivity index (χ3v) is 6.09. The fraction of sp³-hybridized carbons (Fsp3) is 0.286. The number of aryl methyl sites for hydroxylation is 2. The van der Waals surface area contributed by atoms with Gasteiger partial charge in [0, 0.05) is 15.5 Å². The number of amides is 1. The van der Waals surface area contributed by atoms with E-state index in [1.54, 1.807) is 37.3 Å². The second-order valence-corrected chi connectivity index (χ2v) is 8.42. The Morgan fingerprint density at radius 3 is 2.64 bits per heavy atom. The fourth-order valence-corrected chi connectivity index (χ4v) is 4.08. The number of benzene rings is 2. The number of fused-ring (bicyclic) bond motifs is 1. The smallest absolute Gasteiger partial charge is 0.308 e. The molecule has 1 N–H and O–H groups in total. The average molecular weight is 418 g/mol. The van der Waals surface area contributed by atoms with Crippen molar-refractivity contribution in [2.24, 2.45) is 0 Å². The summed E-state index contributed by atoms with van der Waals surface area (Å²) in [5, 5.41) is 2.65. The van der Waals surface area contributed by atoms with E-state index in [1.807, 2.05) is 19.9 Å². The lowest BCUT2D eigenvalue weighted by atomic mass is 10.0. The highest BCUT2D eigenvalue weighted by atomic mass is 35.5. The van der Waals surface area contributed by atoms with E-state index in [0.717, 1.165) is 16.0 Å². The zero-order valence-electron chi connectivity index (χ0n) is 15.7. The Morgan fingerprint density at radius 1 is 1.18 bits per heavy atom. The first-order valence-corrected chi connectivity index (χ1v) is 10.1. The number of carbonyl (C=O) groups excluding carboxylic acids is 3. The maximum Gasteiger partial charge on any atom is 0.308 e. The summed E-state index contributed by atoms with van der Waals surface area (Å²) < 4.78 is 5.29. The second-order valence-electron chi connectivity index (χ2n) is 6.74. The Labute approximate surface area is 172 Å². The van der Waals surface area contributed by atoms with Crippen LogP contribution in [0.5, 0.6) is 0 Å². The molecule has 2 atom stereocenters. The van der Waals surface area contributed by atoms with Crippen LogP contribution in [-0.2, 0) is 14.3 Å². The molecule has 0 radical (unpaired) electrons. The van der Waals surface area contributed by atoms with E-state index in [9.17, 15) is 14.4 Å². The van der Waals surface area contributed by atoms with Gasteiger partial charge >= 0.3 is 5.97 Å². The maximum absolute atomic E-state index is 12.5. The van der Waals surface area contributed by atoms with Gasteiger partial charge in [-0.2, -0.15) is 0 Å². The molecule has 0 aliphatic carbocycles. The molecular formula is C21H20ClNO4S.